The zero-order chi connectivity index (χ0) is 24.3. The molecule has 0 spiro atoms. The highest BCUT2D eigenvalue weighted by Gasteiger charge is 2.26. The van der Waals surface area contributed by atoms with Crippen molar-refractivity contribution >= 4 is 23.4 Å². The first-order valence-corrected chi connectivity index (χ1v) is 8.49. The summed E-state index contributed by atoms with van der Waals surface area (Å²) in [5.41, 5.74) is -0.141. The molecule has 2 aromatic rings. The number of benzene rings is 1. The van der Waals surface area contributed by atoms with Gasteiger partial charge in [-0.2, -0.15) is 0 Å². The molecule has 0 radical (unpaired) electrons. The monoisotopic (exact) mass is 397 g/mol. The van der Waals surface area contributed by atoms with Crippen LogP contribution in [-0.2, 0) is 11.3 Å². The lowest BCUT2D eigenvalue weighted by Gasteiger charge is -2.28. The number of ether oxygens (including phenoxy) is 3. The second-order valence-corrected chi connectivity index (χ2v) is 6.98. The molecule has 0 saturated carbocycles. The molecule has 0 aliphatic rings. The highest BCUT2D eigenvalue weighted by atomic mass is 35.5. The molecule has 0 aliphatic carbocycles. The van der Waals surface area contributed by atoms with Crippen LogP contribution in [0.3, 0.4) is 0 Å². The zero-order valence-electron chi connectivity index (χ0n) is 20.6. The van der Waals surface area contributed by atoms with Crippen molar-refractivity contribution in [2.75, 3.05) is 18.6 Å². The minimum absolute atomic E-state index is 0.00296. The van der Waals surface area contributed by atoms with Gasteiger partial charge >= 0.3 is 6.09 Å². The summed E-state index contributed by atoms with van der Waals surface area (Å²) in [7, 11) is 1.53. The summed E-state index contributed by atoms with van der Waals surface area (Å²) in [5.74, 6) is 0.342. The van der Waals surface area contributed by atoms with Crippen LogP contribution in [0.5, 0.6) is 11.5 Å². The fraction of sp³-hybridized carbons (Fsp3) is 0.400. The van der Waals surface area contributed by atoms with Gasteiger partial charge in [-0.05, 0) is 45.3 Å². The van der Waals surface area contributed by atoms with E-state index in [-0.39, 0.29) is 23.1 Å². The van der Waals surface area contributed by atoms with Crippen LogP contribution in [0.4, 0.5) is 10.5 Å². The molecule has 1 amide bonds. The second-order valence-electron chi connectivity index (χ2n) is 6.59. The first kappa shape index (κ1) is 14.6. The smallest absolute Gasteiger partial charge is 0.415 e. The molecule has 6 nitrogen and oxygen atoms in total. The van der Waals surface area contributed by atoms with Crippen LogP contribution in [0.25, 0.3) is 0 Å². The van der Waals surface area contributed by atoms with Gasteiger partial charge in [0.2, 0.25) is 0 Å². The second kappa shape index (κ2) is 8.95. The van der Waals surface area contributed by atoms with Gasteiger partial charge in [-0.25, -0.2) is 9.78 Å². The number of anilines is 1. The van der Waals surface area contributed by atoms with Gasteiger partial charge in [0.15, 0.2) is 5.75 Å². The van der Waals surface area contributed by atoms with Crippen molar-refractivity contribution in [1.29, 1.82) is 0 Å². The van der Waals surface area contributed by atoms with E-state index in [0.29, 0.717) is 11.3 Å². The molecule has 27 heavy (non-hydrogen) atoms. The minimum Gasteiger partial charge on any atom is -0.497 e. The number of amides is 1. The van der Waals surface area contributed by atoms with E-state index >= 15 is 0 Å². The van der Waals surface area contributed by atoms with Crippen molar-refractivity contribution in [3.05, 3.63) is 47.2 Å². The fourth-order valence-corrected chi connectivity index (χ4v) is 2.38. The summed E-state index contributed by atoms with van der Waals surface area (Å²) in [4.78, 5) is 18.1. The van der Waals surface area contributed by atoms with E-state index in [2.05, 4.69) is 4.98 Å². The molecule has 0 saturated heterocycles. The zero-order valence-corrected chi connectivity index (χ0v) is 16.3. The molecule has 2 rings (SSSR count). The molecular weight excluding hydrogens is 368 g/mol. The molecule has 0 fully saturated rings. The molecular formula is C20H25ClN2O4. The number of hydrogen-bond acceptors (Lipinski definition) is 5. The predicted molar refractivity (Wildman–Crippen MR) is 106 cm³/mol. The standard InChI is InChI=1S/C20H25ClN2O4/c1-6-26-17-12-22-18(21)11-16(17)23(19(24)27-20(2,3)4)13-14-7-9-15(25-5)10-8-14/h7-12H,6,13H2,1-5H3/i1D3,6D2. The van der Waals surface area contributed by atoms with Crippen LogP contribution in [0, 0.1) is 0 Å². The van der Waals surface area contributed by atoms with Crippen LogP contribution in [0.2, 0.25) is 5.15 Å². The van der Waals surface area contributed by atoms with Crippen LogP contribution < -0.4 is 14.4 Å². The first-order valence-electron chi connectivity index (χ1n) is 10.6. The van der Waals surface area contributed by atoms with E-state index in [0.717, 1.165) is 6.20 Å². The van der Waals surface area contributed by atoms with Crippen LogP contribution in [0.1, 0.15) is 40.0 Å². The van der Waals surface area contributed by atoms with E-state index in [1.807, 2.05) is 0 Å². The van der Waals surface area contributed by atoms with Gasteiger partial charge in [0.25, 0.3) is 0 Å². The molecule has 146 valence electrons. The molecule has 0 aliphatic heterocycles. The van der Waals surface area contributed by atoms with E-state index < -0.39 is 25.1 Å². The number of nitrogens with zero attached hydrogens (tertiary/aromatic N) is 2. The summed E-state index contributed by atoms with van der Waals surface area (Å²) in [6, 6.07) is 8.18. The Bertz CT molecular complexity index is 946. The van der Waals surface area contributed by atoms with Crippen LogP contribution in [0.15, 0.2) is 36.5 Å². The van der Waals surface area contributed by atoms with Gasteiger partial charge in [0, 0.05) is 10.2 Å². The minimum atomic E-state index is -3.09. The Hall–Kier alpha value is -2.47. The van der Waals surface area contributed by atoms with Crippen molar-refractivity contribution in [3.63, 3.8) is 0 Å². The Morgan fingerprint density at radius 3 is 2.63 bits per heavy atom. The van der Waals surface area contributed by atoms with Crippen molar-refractivity contribution in [1.82, 2.24) is 4.98 Å². The van der Waals surface area contributed by atoms with Crippen molar-refractivity contribution < 1.29 is 25.9 Å². The molecule has 1 aromatic heterocycles. The fourth-order valence-electron chi connectivity index (χ4n) is 2.23. The third kappa shape index (κ3) is 6.03. The number of halogens is 1. The highest BCUT2D eigenvalue weighted by molar-refractivity contribution is 6.29. The predicted octanol–water partition coefficient (Wildman–Crippen LogP) is 5.08. The molecule has 0 bridgehead atoms. The van der Waals surface area contributed by atoms with Crippen molar-refractivity contribution in [2.24, 2.45) is 0 Å². The number of rotatable bonds is 6. The topological polar surface area (TPSA) is 60.9 Å². The summed E-state index contributed by atoms with van der Waals surface area (Å²) in [6.45, 7) is -1.05. The van der Waals surface area contributed by atoms with E-state index in [4.69, 9.17) is 32.7 Å². The third-order valence-electron chi connectivity index (χ3n) is 3.38. The lowest BCUT2D eigenvalue weighted by molar-refractivity contribution is 0.0576. The normalized spacial score (nSPS) is 14.8. The van der Waals surface area contributed by atoms with Gasteiger partial charge < -0.3 is 14.2 Å². The molecule has 1 aromatic carbocycles. The SMILES string of the molecule is [2H]C([2H])([2H])C([2H])([2H])Oc1cnc(Cl)cc1N(Cc1ccc(OC)cc1)C(=O)OC(C)(C)C. The Balaban J connectivity index is 2.54. The largest absolute Gasteiger partial charge is 0.497 e. The Kier molecular flexibility index (Phi) is 4.83. The number of carbonyl (C=O) groups excluding carboxylic acids is 1. The maximum atomic E-state index is 13.1. The third-order valence-corrected chi connectivity index (χ3v) is 3.59. The van der Waals surface area contributed by atoms with Gasteiger partial charge in [-0.3, -0.25) is 4.90 Å². The lowest BCUT2D eigenvalue weighted by Crippen LogP contribution is -2.36. The average Bonchev–Trinajstić information content (AvgIpc) is 2.65. The summed E-state index contributed by atoms with van der Waals surface area (Å²) in [5, 5.41) is -0.00918. The van der Waals surface area contributed by atoms with E-state index in [1.54, 1.807) is 45.0 Å². The van der Waals surface area contributed by atoms with Crippen LogP contribution >= 0.6 is 11.6 Å². The number of aromatic nitrogens is 1. The van der Waals surface area contributed by atoms with Crippen molar-refractivity contribution in [3.8, 4) is 11.5 Å². The number of methoxy groups -OCH3 is 1. The first-order chi connectivity index (χ1) is 14.6. The molecule has 0 unspecified atom stereocenters. The average molecular weight is 398 g/mol. The molecule has 1 heterocycles. The van der Waals surface area contributed by atoms with Crippen LogP contribution in [-0.4, -0.2) is 30.3 Å². The van der Waals surface area contributed by atoms with E-state index in [9.17, 15) is 4.79 Å². The lowest BCUT2D eigenvalue weighted by atomic mass is 10.2. The number of hydrogen-bond donors (Lipinski definition) is 0. The van der Waals surface area contributed by atoms with Crippen molar-refractivity contribution in [2.45, 2.75) is 39.8 Å². The Labute approximate surface area is 172 Å². The molecule has 0 N–H and O–H groups in total. The number of carbonyl (C=O) groups is 1. The maximum Gasteiger partial charge on any atom is 0.415 e. The summed E-state index contributed by atoms with van der Waals surface area (Å²) >= 11 is 6.04. The molecule has 7 heteroatoms. The van der Waals surface area contributed by atoms with Gasteiger partial charge in [0.05, 0.1) is 34.8 Å². The van der Waals surface area contributed by atoms with Gasteiger partial charge in [0.1, 0.15) is 16.5 Å². The number of pyridine rings is 1. The highest BCUT2D eigenvalue weighted by Crippen LogP contribution is 2.32. The van der Waals surface area contributed by atoms with Gasteiger partial charge in [-0.15, -0.1) is 0 Å². The quantitative estimate of drug-likeness (QED) is 0.636. The summed E-state index contributed by atoms with van der Waals surface area (Å²) < 4.78 is 53.6. The summed E-state index contributed by atoms with van der Waals surface area (Å²) in [6.07, 6.45) is 0.293. The Morgan fingerprint density at radius 1 is 1.33 bits per heavy atom. The van der Waals surface area contributed by atoms with Gasteiger partial charge in [-0.1, -0.05) is 23.7 Å². The van der Waals surface area contributed by atoms with E-state index in [1.165, 1.54) is 18.1 Å². The Morgan fingerprint density at radius 2 is 2.04 bits per heavy atom. The molecule has 0 atom stereocenters. The maximum absolute atomic E-state index is 13.1.